The van der Waals surface area contributed by atoms with Gasteiger partial charge in [0.05, 0.1) is 29.6 Å². The number of para-hydroxylation sites is 2. The molecule has 8 heteroatoms. The van der Waals surface area contributed by atoms with E-state index in [0.29, 0.717) is 52.0 Å². The van der Waals surface area contributed by atoms with E-state index in [2.05, 4.69) is 16.3 Å². The molecule has 0 atom stereocenters. The van der Waals surface area contributed by atoms with Crippen molar-refractivity contribution in [3.05, 3.63) is 163 Å². The number of aromatic amines is 2. The lowest BCUT2D eigenvalue weighted by atomic mass is 9.85. The maximum Gasteiger partial charge on any atom is 0.275 e. The average molecular weight is 587 g/mol. The van der Waals surface area contributed by atoms with Gasteiger partial charge in [-0.15, -0.1) is 0 Å². The van der Waals surface area contributed by atoms with Crippen molar-refractivity contribution in [2.75, 3.05) is 7.11 Å². The van der Waals surface area contributed by atoms with E-state index in [1.807, 2.05) is 118 Å². The predicted molar refractivity (Wildman–Crippen MR) is 172 cm³/mol. The van der Waals surface area contributed by atoms with Crippen LogP contribution in [0.4, 0.5) is 0 Å². The first-order valence-electron chi connectivity index (χ1n) is 14.5. The van der Waals surface area contributed by atoms with E-state index in [0.717, 1.165) is 16.7 Å². The van der Waals surface area contributed by atoms with Gasteiger partial charge in [0.15, 0.2) is 11.5 Å². The van der Waals surface area contributed by atoms with Gasteiger partial charge in [0.25, 0.3) is 11.1 Å². The van der Waals surface area contributed by atoms with Crippen molar-refractivity contribution in [2.24, 2.45) is 0 Å². The molecule has 0 radical (unpaired) electrons. The summed E-state index contributed by atoms with van der Waals surface area (Å²) in [5, 5.41) is 6.48. The number of hydrogen-bond donors (Lipinski definition) is 2. The van der Waals surface area contributed by atoms with Crippen LogP contribution in [0.5, 0.6) is 11.5 Å². The molecule has 6 aromatic rings. The molecule has 4 aromatic carbocycles. The molecule has 0 spiro atoms. The third-order valence-corrected chi connectivity index (χ3v) is 7.84. The quantitative estimate of drug-likeness (QED) is 0.207. The Morgan fingerprint density at radius 1 is 0.659 bits per heavy atom. The summed E-state index contributed by atoms with van der Waals surface area (Å²) in [6, 6.07) is 32.5. The zero-order chi connectivity index (χ0) is 30.8. The van der Waals surface area contributed by atoms with Crippen LogP contribution in [0.2, 0.25) is 0 Å². The normalized spacial score (nSPS) is 11.2. The minimum atomic E-state index is -0.697. The van der Waals surface area contributed by atoms with E-state index in [9.17, 15) is 9.59 Å². The van der Waals surface area contributed by atoms with Crippen molar-refractivity contribution in [1.29, 1.82) is 0 Å². The number of benzene rings is 4. The second-order valence-electron chi connectivity index (χ2n) is 10.9. The Hall–Kier alpha value is -5.50. The molecule has 44 heavy (non-hydrogen) atoms. The zero-order valence-corrected chi connectivity index (χ0v) is 25.1. The fraction of sp³-hybridized carbons (Fsp3) is 0.167. The van der Waals surface area contributed by atoms with Gasteiger partial charge in [0.2, 0.25) is 0 Å². The molecule has 2 N–H and O–H groups in total. The average Bonchev–Trinajstić information content (AvgIpc) is 3.51. The second-order valence-corrected chi connectivity index (χ2v) is 10.9. The lowest BCUT2D eigenvalue weighted by Crippen LogP contribution is -2.25. The van der Waals surface area contributed by atoms with Crippen molar-refractivity contribution in [2.45, 2.75) is 33.3 Å². The van der Waals surface area contributed by atoms with Gasteiger partial charge >= 0.3 is 0 Å². The van der Waals surface area contributed by atoms with Gasteiger partial charge in [0.1, 0.15) is 6.61 Å². The van der Waals surface area contributed by atoms with Crippen LogP contribution in [0.1, 0.15) is 45.1 Å². The van der Waals surface area contributed by atoms with Crippen molar-refractivity contribution in [1.82, 2.24) is 19.6 Å². The van der Waals surface area contributed by atoms with E-state index < -0.39 is 5.92 Å². The van der Waals surface area contributed by atoms with Gasteiger partial charge in [-0.25, -0.2) is 9.36 Å². The summed E-state index contributed by atoms with van der Waals surface area (Å²) in [6.07, 6.45) is 0. The molecule has 0 unspecified atom stereocenters. The lowest BCUT2D eigenvalue weighted by molar-refractivity contribution is 0.284. The molecule has 0 saturated carbocycles. The van der Waals surface area contributed by atoms with E-state index in [1.165, 1.54) is 9.36 Å². The van der Waals surface area contributed by atoms with Crippen LogP contribution >= 0.6 is 0 Å². The largest absolute Gasteiger partial charge is 0.493 e. The molecule has 6 rings (SSSR count). The Kier molecular flexibility index (Phi) is 7.81. The number of hydrogen-bond acceptors (Lipinski definition) is 4. The number of aryl methyl sites for hydroxylation is 3. The second kappa shape index (κ2) is 12.0. The molecule has 0 aliphatic carbocycles. The molecule has 0 aliphatic rings. The fourth-order valence-electron chi connectivity index (χ4n) is 5.74. The maximum absolute atomic E-state index is 14.1. The summed E-state index contributed by atoms with van der Waals surface area (Å²) >= 11 is 0. The molecule has 8 nitrogen and oxygen atoms in total. The summed E-state index contributed by atoms with van der Waals surface area (Å²) in [4.78, 5) is 28.3. The zero-order valence-electron chi connectivity index (χ0n) is 25.1. The molecule has 0 aliphatic heterocycles. The molecule has 2 heterocycles. The summed E-state index contributed by atoms with van der Waals surface area (Å²) in [6.45, 7) is 6.13. The summed E-state index contributed by atoms with van der Waals surface area (Å²) in [7, 11) is 1.58. The summed E-state index contributed by atoms with van der Waals surface area (Å²) in [5.41, 5.74) is 6.14. The summed E-state index contributed by atoms with van der Waals surface area (Å²) < 4.78 is 15.0. The van der Waals surface area contributed by atoms with Crippen LogP contribution in [-0.2, 0) is 6.61 Å². The Morgan fingerprint density at radius 2 is 1.23 bits per heavy atom. The molecule has 0 fully saturated rings. The molecule has 0 bridgehead atoms. The van der Waals surface area contributed by atoms with Gasteiger partial charge in [-0.2, -0.15) is 0 Å². The van der Waals surface area contributed by atoms with Crippen LogP contribution in [0, 0.1) is 20.8 Å². The number of nitrogens with one attached hydrogen (secondary N) is 2. The Balaban J connectivity index is 1.50. The van der Waals surface area contributed by atoms with E-state index >= 15 is 0 Å². The van der Waals surface area contributed by atoms with E-state index in [1.54, 1.807) is 7.11 Å². The monoisotopic (exact) mass is 586 g/mol. The highest BCUT2D eigenvalue weighted by Gasteiger charge is 2.31. The Bertz CT molecular complexity index is 1940. The molecule has 0 amide bonds. The molecular weight excluding hydrogens is 552 g/mol. The number of ether oxygens (including phenoxy) is 2. The highest BCUT2D eigenvalue weighted by Crippen LogP contribution is 2.37. The van der Waals surface area contributed by atoms with Gasteiger partial charge < -0.3 is 9.47 Å². The van der Waals surface area contributed by atoms with Crippen LogP contribution in [-0.4, -0.2) is 26.7 Å². The van der Waals surface area contributed by atoms with Crippen molar-refractivity contribution < 1.29 is 9.47 Å². The molecule has 0 saturated heterocycles. The third kappa shape index (κ3) is 5.38. The van der Waals surface area contributed by atoms with Gasteiger partial charge in [-0.05, 0) is 68.3 Å². The minimum Gasteiger partial charge on any atom is -0.493 e. The van der Waals surface area contributed by atoms with Gasteiger partial charge in [-0.3, -0.25) is 19.8 Å². The van der Waals surface area contributed by atoms with Gasteiger partial charge in [0, 0.05) is 17.3 Å². The molecule has 2 aromatic heterocycles. The summed E-state index contributed by atoms with van der Waals surface area (Å²) in [5.74, 6) is 0.377. The first-order chi connectivity index (χ1) is 21.4. The maximum atomic E-state index is 14.1. The first kappa shape index (κ1) is 28.6. The van der Waals surface area contributed by atoms with Crippen molar-refractivity contribution in [3.63, 3.8) is 0 Å². The molecular formula is C36H34N4O4. The number of aromatic nitrogens is 4. The highest BCUT2D eigenvalue weighted by molar-refractivity contribution is 5.52. The highest BCUT2D eigenvalue weighted by atomic mass is 16.5. The minimum absolute atomic E-state index is 0.233. The fourth-order valence-corrected chi connectivity index (χ4v) is 5.74. The standard InChI is InChI=1S/C36H34N4O4/c1-23-12-11-13-26(20-23)22-44-30-19-18-27(21-31(30)43-4)34(32-24(2)37-39(35(32)41)28-14-7-5-8-15-28)33-25(3)38-40(36(33)42)29-16-9-6-10-17-29/h5-21,34,37-38H,22H2,1-4H3. The van der Waals surface area contributed by atoms with Crippen molar-refractivity contribution >= 4 is 0 Å². The van der Waals surface area contributed by atoms with Crippen LogP contribution in [0.25, 0.3) is 11.4 Å². The third-order valence-electron chi connectivity index (χ3n) is 7.84. The number of nitrogens with zero attached hydrogens (tertiary/aromatic N) is 2. The number of methoxy groups -OCH3 is 1. The van der Waals surface area contributed by atoms with Crippen molar-refractivity contribution in [3.8, 4) is 22.9 Å². The van der Waals surface area contributed by atoms with Crippen LogP contribution in [0.15, 0.2) is 113 Å². The van der Waals surface area contributed by atoms with Gasteiger partial charge in [-0.1, -0.05) is 72.3 Å². The topological polar surface area (TPSA) is 94.0 Å². The Morgan fingerprint density at radius 3 is 1.75 bits per heavy atom. The SMILES string of the molecule is COc1cc(C(c2c(C)[nH]n(-c3ccccc3)c2=O)c2c(C)[nH]n(-c3ccccc3)c2=O)ccc1OCc1cccc(C)c1. The van der Waals surface area contributed by atoms with E-state index in [4.69, 9.17) is 9.47 Å². The first-order valence-corrected chi connectivity index (χ1v) is 14.5. The number of H-pyrrole nitrogens is 2. The smallest absolute Gasteiger partial charge is 0.275 e. The predicted octanol–water partition coefficient (Wildman–Crippen LogP) is 6.34. The Labute approximate surface area is 255 Å². The number of rotatable bonds is 9. The lowest BCUT2D eigenvalue weighted by Gasteiger charge is -2.18. The molecule has 222 valence electrons. The van der Waals surface area contributed by atoms with E-state index in [-0.39, 0.29) is 11.1 Å². The van der Waals surface area contributed by atoms with Crippen LogP contribution in [0.3, 0.4) is 0 Å². The van der Waals surface area contributed by atoms with Crippen LogP contribution < -0.4 is 20.6 Å².